The summed E-state index contributed by atoms with van der Waals surface area (Å²) < 4.78 is 66.3. The highest BCUT2D eigenvalue weighted by Crippen LogP contribution is 2.40. The summed E-state index contributed by atoms with van der Waals surface area (Å²) in [6.45, 7) is 12.6. The lowest BCUT2D eigenvalue weighted by Crippen LogP contribution is -2.57. The van der Waals surface area contributed by atoms with Gasteiger partial charge in [0.05, 0.1) is 36.4 Å². The third-order valence-electron chi connectivity index (χ3n) is 15.1. The number of likely N-dealkylation sites (tertiary alicyclic amines) is 2. The number of rotatable bonds is 19. The van der Waals surface area contributed by atoms with Gasteiger partial charge in [-0.1, -0.05) is 49.2 Å². The molecule has 24 nitrogen and oxygen atoms in total. The van der Waals surface area contributed by atoms with Crippen molar-refractivity contribution in [2.45, 2.75) is 153 Å². The van der Waals surface area contributed by atoms with Crippen molar-refractivity contribution in [3.8, 4) is 0 Å². The highest BCUT2D eigenvalue weighted by atomic mass is 32.2. The van der Waals surface area contributed by atoms with E-state index < -0.39 is 139 Å². The van der Waals surface area contributed by atoms with Gasteiger partial charge in [0.2, 0.25) is 55.5 Å². The van der Waals surface area contributed by atoms with Crippen LogP contribution >= 0.6 is 0 Å². The summed E-state index contributed by atoms with van der Waals surface area (Å²) in [5.41, 5.74) is -0.870. The van der Waals surface area contributed by atoms with Crippen LogP contribution in [0, 0.1) is 11.8 Å². The smallest absolute Gasteiger partial charge is 0.410 e. The first-order chi connectivity index (χ1) is 37.2. The molecule has 4 aliphatic heterocycles. The summed E-state index contributed by atoms with van der Waals surface area (Å²) in [4.78, 5) is 118. The van der Waals surface area contributed by atoms with E-state index in [1.165, 1.54) is 46.4 Å². The number of para-hydroxylation sites is 2. The maximum Gasteiger partial charge on any atom is 0.410 e. The summed E-state index contributed by atoms with van der Waals surface area (Å²) in [7, 11) is -5.00. The molecule has 4 aliphatic rings. The van der Waals surface area contributed by atoms with Gasteiger partial charge in [0, 0.05) is 63.7 Å². The number of benzene rings is 2. The van der Waals surface area contributed by atoms with Crippen LogP contribution in [0.15, 0.2) is 60.7 Å². The number of amides is 8. The predicted molar refractivity (Wildman–Crippen MR) is 297 cm³/mol. The Morgan fingerprint density at radius 1 is 0.575 bits per heavy atom. The van der Waals surface area contributed by atoms with Crippen LogP contribution in [0.4, 0.5) is 21.0 Å². The molecule has 0 spiro atoms. The van der Waals surface area contributed by atoms with Gasteiger partial charge in [-0.3, -0.25) is 38.6 Å². The van der Waals surface area contributed by atoms with Crippen LogP contribution in [0.2, 0.25) is 0 Å². The van der Waals surface area contributed by atoms with Gasteiger partial charge in [-0.2, -0.15) is 8.61 Å². The molecular formula is C54H80N10O14S2. The fourth-order valence-corrected chi connectivity index (χ4v) is 13.2. The van der Waals surface area contributed by atoms with Crippen LogP contribution < -0.4 is 21.3 Å². The molecule has 6 rings (SSSR count). The van der Waals surface area contributed by atoms with E-state index in [2.05, 4.69) is 21.3 Å². The number of anilines is 2. The monoisotopic (exact) mass is 1160 g/mol. The van der Waals surface area contributed by atoms with Crippen molar-refractivity contribution in [2.75, 3.05) is 63.4 Å². The number of ether oxygens (including phenoxy) is 2. The maximum atomic E-state index is 15.1. The molecule has 4 N–H and O–H groups in total. The van der Waals surface area contributed by atoms with Crippen molar-refractivity contribution in [2.24, 2.45) is 11.8 Å². The van der Waals surface area contributed by atoms with Gasteiger partial charge in [-0.15, -0.1) is 0 Å². The van der Waals surface area contributed by atoms with E-state index in [4.69, 9.17) is 9.47 Å². The van der Waals surface area contributed by atoms with Crippen molar-refractivity contribution in [1.82, 2.24) is 38.8 Å². The van der Waals surface area contributed by atoms with E-state index in [-0.39, 0.29) is 64.7 Å². The Kier molecular flexibility index (Phi) is 19.8. The van der Waals surface area contributed by atoms with E-state index in [0.29, 0.717) is 11.4 Å². The molecule has 4 fully saturated rings. The lowest BCUT2D eigenvalue weighted by molar-refractivity contribution is -0.140. The van der Waals surface area contributed by atoms with Gasteiger partial charge in [0.25, 0.3) is 0 Å². The van der Waals surface area contributed by atoms with Crippen molar-refractivity contribution >= 4 is 79.1 Å². The molecule has 2 aromatic rings. The van der Waals surface area contributed by atoms with Crippen molar-refractivity contribution in [3.05, 3.63) is 60.7 Å². The van der Waals surface area contributed by atoms with Gasteiger partial charge in [-0.25, -0.2) is 26.4 Å². The molecule has 8 amide bonds. The summed E-state index contributed by atoms with van der Waals surface area (Å²) in [6.07, 6.45) is 0.934. The first-order valence-electron chi connectivity index (χ1n) is 27.0. The number of fused-ring (bicyclic) bond motifs is 2. The third-order valence-corrected chi connectivity index (χ3v) is 17.6. The Morgan fingerprint density at radius 3 is 1.20 bits per heavy atom. The zero-order chi connectivity index (χ0) is 59.4. The van der Waals surface area contributed by atoms with E-state index in [1.54, 1.807) is 102 Å². The minimum atomic E-state index is -3.87. The van der Waals surface area contributed by atoms with Crippen LogP contribution in [0.1, 0.15) is 93.9 Å². The largest absolute Gasteiger partial charge is 0.444 e. The lowest BCUT2D eigenvalue weighted by Gasteiger charge is -2.33. The maximum absolute atomic E-state index is 15.1. The minimum Gasteiger partial charge on any atom is -0.444 e. The molecule has 0 saturated carbocycles. The van der Waals surface area contributed by atoms with Crippen molar-refractivity contribution < 1.29 is 64.7 Å². The van der Waals surface area contributed by atoms with Gasteiger partial charge in [-0.05, 0) is 105 Å². The second-order valence-electron chi connectivity index (χ2n) is 23.3. The Morgan fingerprint density at radius 2 is 0.900 bits per heavy atom. The fourth-order valence-electron chi connectivity index (χ4n) is 10.9. The van der Waals surface area contributed by atoms with Gasteiger partial charge >= 0.3 is 12.2 Å². The lowest BCUT2D eigenvalue weighted by atomic mass is 9.96. The topological polar surface area (TPSA) is 291 Å². The van der Waals surface area contributed by atoms with Gasteiger partial charge in [0.15, 0.2) is 0 Å². The average Bonchev–Trinajstić information content (AvgIpc) is 4.36. The third kappa shape index (κ3) is 15.3. The summed E-state index contributed by atoms with van der Waals surface area (Å²) in [6, 6.07) is 8.76. The Labute approximate surface area is 470 Å². The Hall–Kier alpha value is -6.38. The number of carbonyl (C=O) groups excluding carboxylic acids is 8. The van der Waals surface area contributed by atoms with E-state index >= 15 is 9.59 Å². The van der Waals surface area contributed by atoms with Crippen LogP contribution in [0.25, 0.3) is 0 Å². The standard InChI is InChI=1S/C54H80N10O14S2/c1-33(59(9)51(71)77-53(3,4)5)45(65)57-39(49(69)61-29-27-41-43(61)37(31-63(41)79(11,73)74)47(67)55-35-21-15-13-16-22-35)25-19-20-26-40(58-46(66)34(2)60(10)52(72)78-54(6,7)8)50(70)62-30-28-42-44(62)38(32-64(42)80(12,75)76)48(68)56-36-23-17-14-18-24-36/h13-18,21-24,33-34,37-44H,19-20,25-32H2,1-12H3,(H,55,67)(H,56,68)(H,57,65)(H,58,66). The number of unbranched alkanes of at least 4 members (excludes halogenated alkanes) is 1. The van der Waals surface area contributed by atoms with Crippen LogP contribution in [-0.4, -0.2) is 205 Å². The summed E-state index contributed by atoms with van der Waals surface area (Å²) in [5, 5.41) is 11.3. The molecule has 4 heterocycles. The number of nitrogens with zero attached hydrogens (tertiary/aromatic N) is 6. The van der Waals surface area contributed by atoms with Gasteiger partial charge in [0.1, 0.15) is 35.4 Å². The first kappa shape index (κ1) is 62.8. The molecule has 0 bridgehead atoms. The Bertz CT molecular complexity index is 2660. The SMILES string of the molecule is CC(C(=O)NC(CCCCC(NC(=O)C(C)N(C)C(=O)OC(C)(C)C)C(=O)N1CCC2C1C(C(=O)Nc1ccccc1)CN2S(C)(=O)=O)C(=O)N1CCC2C1C(C(=O)Nc1ccccc1)CN2S(C)(=O)=O)N(C)C(=O)OC(C)(C)C. The first-order valence-corrected chi connectivity index (χ1v) is 30.7. The number of hydrogen-bond acceptors (Lipinski definition) is 14. The second-order valence-corrected chi connectivity index (χ2v) is 27.2. The molecule has 442 valence electrons. The Balaban J connectivity index is 1.29. The van der Waals surface area contributed by atoms with E-state index in [1.807, 2.05) is 0 Å². The molecule has 26 heteroatoms. The summed E-state index contributed by atoms with van der Waals surface area (Å²) in [5.74, 6) is -5.75. The zero-order valence-electron chi connectivity index (χ0n) is 47.8. The molecule has 2 aromatic carbocycles. The molecule has 0 aliphatic carbocycles. The molecule has 10 atom stereocenters. The van der Waals surface area contributed by atoms with Crippen LogP contribution in [0.5, 0.6) is 0 Å². The zero-order valence-corrected chi connectivity index (χ0v) is 49.5. The molecular weight excluding hydrogens is 1080 g/mol. The number of carbonyl (C=O) groups is 8. The summed E-state index contributed by atoms with van der Waals surface area (Å²) >= 11 is 0. The van der Waals surface area contributed by atoms with E-state index in [0.717, 1.165) is 22.3 Å². The molecule has 0 aromatic heterocycles. The van der Waals surface area contributed by atoms with Crippen LogP contribution in [-0.2, 0) is 58.3 Å². The number of hydrogen-bond donors (Lipinski definition) is 4. The normalized spacial score (nSPS) is 22.9. The minimum absolute atomic E-state index is 0.0344. The number of sulfonamides is 2. The number of likely N-dealkylation sites (N-methyl/N-ethyl adjacent to an activating group) is 2. The molecule has 0 radical (unpaired) electrons. The van der Waals surface area contributed by atoms with E-state index in [9.17, 15) is 45.6 Å². The fraction of sp³-hybridized carbons (Fsp3) is 0.630. The molecule has 4 saturated heterocycles. The highest BCUT2D eigenvalue weighted by Gasteiger charge is 2.57. The van der Waals surface area contributed by atoms with Crippen molar-refractivity contribution in [1.29, 1.82) is 0 Å². The molecule has 80 heavy (non-hydrogen) atoms. The highest BCUT2D eigenvalue weighted by molar-refractivity contribution is 7.88. The van der Waals surface area contributed by atoms with Crippen molar-refractivity contribution in [3.63, 3.8) is 0 Å². The predicted octanol–water partition coefficient (Wildman–Crippen LogP) is 3.03. The number of nitrogens with one attached hydrogen (secondary N) is 4. The second kappa shape index (κ2) is 25.2. The van der Waals surface area contributed by atoms with Gasteiger partial charge < -0.3 is 40.5 Å². The van der Waals surface area contributed by atoms with Crippen LogP contribution in [0.3, 0.4) is 0 Å². The quantitative estimate of drug-likeness (QED) is 0.147. The molecule has 10 unspecified atom stereocenters. The average molecular weight is 1160 g/mol.